The second-order valence-corrected chi connectivity index (χ2v) is 7.31. The Balaban J connectivity index is 1.84. The number of hydrogen-bond donors (Lipinski definition) is 1. The molecule has 0 aliphatic carbocycles. The van der Waals surface area contributed by atoms with Crippen molar-refractivity contribution in [2.75, 3.05) is 19.8 Å². The van der Waals surface area contributed by atoms with Crippen LogP contribution in [0.25, 0.3) is 0 Å². The van der Waals surface area contributed by atoms with Crippen molar-refractivity contribution in [2.45, 2.75) is 83.2 Å². The monoisotopic (exact) mass is 364 g/mol. The Labute approximate surface area is 158 Å². The molecule has 1 aromatic carbocycles. The van der Waals surface area contributed by atoms with E-state index in [4.69, 9.17) is 14.7 Å². The Bertz CT molecular complexity index is 445. The maximum Gasteiger partial charge on any atom is 0.165 e. The molecule has 1 aromatic rings. The predicted molar refractivity (Wildman–Crippen MR) is 105 cm³/mol. The lowest BCUT2D eigenvalue weighted by Gasteiger charge is -2.19. The average Bonchev–Trinajstić information content (AvgIpc) is 2.68. The number of rotatable bonds is 2. The predicted octanol–water partition coefficient (Wildman–Crippen LogP) is 6.31. The average molecular weight is 365 g/mol. The minimum absolute atomic E-state index is 0.0740. The molecule has 4 heteroatoms. The highest BCUT2D eigenvalue weighted by Crippen LogP contribution is 2.27. The molecule has 26 heavy (non-hydrogen) atoms. The van der Waals surface area contributed by atoms with E-state index in [9.17, 15) is 0 Å². The summed E-state index contributed by atoms with van der Waals surface area (Å²) in [5.74, 6) is 0.471. The molecule has 0 saturated carbocycles. The van der Waals surface area contributed by atoms with E-state index in [0.29, 0.717) is 5.75 Å². The zero-order valence-electron chi connectivity index (χ0n) is 16.2. The van der Waals surface area contributed by atoms with Crippen LogP contribution in [0.15, 0.2) is 24.3 Å². The van der Waals surface area contributed by atoms with Gasteiger partial charge in [0.05, 0.1) is 6.10 Å². The van der Waals surface area contributed by atoms with Crippen molar-refractivity contribution in [3.8, 4) is 5.75 Å². The summed E-state index contributed by atoms with van der Waals surface area (Å²) < 4.78 is 11.9. The second kappa shape index (κ2) is 14.0. The molecule has 1 unspecified atom stereocenters. The molecule has 1 fully saturated rings. The normalized spacial score (nSPS) is 22.9. The lowest BCUT2D eigenvalue weighted by molar-refractivity contribution is -0.137. The molecule has 0 amide bonds. The van der Waals surface area contributed by atoms with Gasteiger partial charge in [0.2, 0.25) is 0 Å². The largest absolute Gasteiger partial charge is 0.381 e. The standard InChI is InChI=1S/C22H36O4/c23-26-21-14-12-13-20(19-21)22-15-8-6-4-2-1-3-5-7-9-16-24-17-10-11-18-25-22/h12-14,19,22-23H,1-11,15-18H2. The Hall–Kier alpha value is -1.10. The molecule has 0 spiro atoms. The first-order chi connectivity index (χ1) is 12.9. The lowest BCUT2D eigenvalue weighted by atomic mass is 10.0. The maximum atomic E-state index is 8.91. The van der Waals surface area contributed by atoms with Gasteiger partial charge in [-0.1, -0.05) is 63.5 Å². The van der Waals surface area contributed by atoms with Gasteiger partial charge < -0.3 is 14.4 Å². The fourth-order valence-electron chi connectivity index (χ4n) is 3.52. The molecular formula is C22H36O4. The Kier molecular flexibility index (Phi) is 11.4. The molecule has 1 N–H and O–H groups in total. The van der Waals surface area contributed by atoms with E-state index in [1.165, 1.54) is 57.8 Å². The first-order valence-corrected chi connectivity index (χ1v) is 10.5. The van der Waals surface area contributed by atoms with E-state index in [2.05, 4.69) is 11.0 Å². The van der Waals surface area contributed by atoms with Crippen LogP contribution in [0.3, 0.4) is 0 Å². The fraction of sp³-hybridized carbons (Fsp3) is 0.727. The van der Waals surface area contributed by atoms with Crippen LogP contribution < -0.4 is 4.89 Å². The van der Waals surface area contributed by atoms with E-state index >= 15 is 0 Å². The quantitative estimate of drug-likeness (QED) is 0.493. The highest BCUT2D eigenvalue weighted by atomic mass is 17.1. The summed E-state index contributed by atoms with van der Waals surface area (Å²) in [6.07, 6.45) is 14.8. The zero-order valence-corrected chi connectivity index (χ0v) is 16.2. The van der Waals surface area contributed by atoms with Gasteiger partial charge in [-0.15, -0.1) is 0 Å². The van der Waals surface area contributed by atoms with Crippen LogP contribution >= 0.6 is 0 Å². The van der Waals surface area contributed by atoms with Gasteiger partial charge in [0.15, 0.2) is 5.75 Å². The first kappa shape index (κ1) is 21.2. The minimum atomic E-state index is 0.0740. The third-order valence-corrected chi connectivity index (χ3v) is 5.09. The van der Waals surface area contributed by atoms with Crippen molar-refractivity contribution in [3.05, 3.63) is 29.8 Å². The highest BCUT2D eigenvalue weighted by Gasteiger charge is 2.13. The molecule has 1 aliphatic rings. The Morgan fingerprint density at radius 1 is 0.769 bits per heavy atom. The molecule has 2 rings (SSSR count). The third kappa shape index (κ3) is 9.02. The summed E-state index contributed by atoms with van der Waals surface area (Å²) >= 11 is 0. The number of benzene rings is 1. The summed E-state index contributed by atoms with van der Waals surface area (Å²) in [5.41, 5.74) is 1.09. The first-order valence-electron chi connectivity index (χ1n) is 10.5. The molecule has 1 saturated heterocycles. The van der Waals surface area contributed by atoms with Crippen LogP contribution in [0, 0.1) is 0 Å². The van der Waals surface area contributed by atoms with Crippen molar-refractivity contribution >= 4 is 0 Å². The van der Waals surface area contributed by atoms with Crippen molar-refractivity contribution < 1.29 is 19.6 Å². The molecular weight excluding hydrogens is 328 g/mol. The Morgan fingerprint density at radius 3 is 2.12 bits per heavy atom. The molecule has 148 valence electrons. The second-order valence-electron chi connectivity index (χ2n) is 7.31. The molecule has 1 atom stereocenters. The van der Waals surface area contributed by atoms with Gasteiger partial charge >= 0.3 is 0 Å². The molecule has 0 bridgehead atoms. The van der Waals surface area contributed by atoms with Crippen molar-refractivity contribution in [3.63, 3.8) is 0 Å². The van der Waals surface area contributed by atoms with Gasteiger partial charge in [-0.2, -0.15) is 0 Å². The van der Waals surface area contributed by atoms with Crippen molar-refractivity contribution in [1.29, 1.82) is 0 Å². The van der Waals surface area contributed by atoms with Crippen LogP contribution in [0.4, 0.5) is 0 Å². The van der Waals surface area contributed by atoms with E-state index in [0.717, 1.165) is 44.6 Å². The van der Waals surface area contributed by atoms with Crippen LogP contribution in [-0.2, 0) is 9.47 Å². The summed E-state index contributed by atoms with van der Waals surface area (Å²) in [7, 11) is 0. The number of hydrogen-bond acceptors (Lipinski definition) is 4. The van der Waals surface area contributed by atoms with E-state index in [-0.39, 0.29) is 6.10 Å². The molecule has 1 aliphatic heterocycles. The van der Waals surface area contributed by atoms with Gasteiger partial charge in [0.1, 0.15) is 0 Å². The van der Waals surface area contributed by atoms with E-state index in [1.54, 1.807) is 6.07 Å². The van der Waals surface area contributed by atoms with Crippen LogP contribution in [-0.4, -0.2) is 25.1 Å². The van der Waals surface area contributed by atoms with Crippen molar-refractivity contribution in [1.82, 2.24) is 0 Å². The van der Waals surface area contributed by atoms with Crippen LogP contribution in [0.2, 0.25) is 0 Å². The smallest absolute Gasteiger partial charge is 0.165 e. The topological polar surface area (TPSA) is 47.9 Å². The van der Waals surface area contributed by atoms with Gasteiger partial charge in [-0.25, -0.2) is 5.26 Å². The Morgan fingerprint density at radius 2 is 1.38 bits per heavy atom. The SMILES string of the molecule is OOc1cccc(C2CCCCCCCCCCCOCCCCO2)c1. The van der Waals surface area contributed by atoms with Gasteiger partial charge in [-0.3, -0.25) is 0 Å². The van der Waals surface area contributed by atoms with Crippen LogP contribution in [0.1, 0.15) is 88.7 Å². The molecule has 4 nitrogen and oxygen atoms in total. The van der Waals surface area contributed by atoms with E-state index < -0.39 is 0 Å². The molecule has 1 heterocycles. The molecule has 0 aromatic heterocycles. The van der Waals surface area contributed by atoms with Crippen molar-refractivity contribution in [2.24, 2.45) is 0 Å². The van der Waals surface area contributed by atoms with Gasteiger partial charge in [0.25, 0.3) is 0 Å². The molecule has 0 radical (unpaired) electrons. The minimum Gasteiger partial charge on any atom is -0.381 e. The lowest BCUT2D eigenvalue weighted by Crippen LogP contribution is -2.07. The van der Waals surface area contributed by atoms with Gasteiger partial charge in [0, 0.05) is 19.8 Å². The van der Waals surface area contributed by atoms with Gasteiger partial charge in [-0.05, 0) is 43.4 Å². The third-order valence-electron chi connectivity index (χ3n) is 5.09. The summed E-state index contributed by atoms with van der Waals surface area (Å²) in [5, 5.41) is 8.91. The summed E-state index contributed by atoms with van der Waals surface area (Å²) in [6.45, 7) is 2.48. The summed E-state index contributed by atoms with van der Waals surface area (Å²) in [4.78, 5) is 4.39. The summed E-state index contributed by atoms with van der Waals surface area (Å²) in [6, 6.07) is 7.59. The number of ether oxygens (including phenoxy) is 2. The van der Waals surface area contributed by atoms with Crippen LogP contribution in [0.5, 0.6) is 5.75 Å². The van der Waals surface area contributed by atoms with E-state index in [1.807, 2.05) is 12.1 Å². The maximum absolute atomic E-state index is 8.91. The highest BCUT2D eigenvalue weighted by molar-refractivity contribution is 5.29. The fourth-order valence-corrected chi connectivity index (χ4v) is 3.52. The zero-order chi connectivity index (χ0) is 18.3.